The summed E-state index contributed by atoms with van der Waals surface area (Å²) >= 11 is 0. The van der Waals surface area contributed by atoms with E-state index in [-0.39, 0.29) is 0 Å². The van der Waals surface area contributed by atoms with Gasteiger partial charge in [-0.25, -0.2) is 4.79 Å². The third kappa shape index (κ3) is 2.13. The fourth-order valence-corrected chi connectivity index (χ4v) is 1.66. The Hall–Kier alpha value is -2.05. The molecule has 2 rings (SSSR count). The molecule has 0 bridgehead atoms. The lowest BCUT2D eigenvalue weighted by Gasteiger charge is -2.12. The zero-order valence-electron chi connectivity index (χ0n) is 8.90. The number of rotatable bonds is 3. The van der Waals surface area contributed by atoms with Crippen molar-refractivity contribution in [2.75, 3.05) is 6.61 Å². The topological polar surface area (TPSA) is 26.3 Å². The molecule has 0 N–H and O–H groups in total. The molecule has 2 heteroatoms. The lowest BCUT2D eigenvalue weighted by molar-refractivity contribution is 0.363. The van der Waals surface area contributed by atoms with Gasteiger partial charge in [-0.2, -0.15) is 0 Å². The summed E-state index contributed by atoms with van der Waals surface area (Å²) < 4.78 is 5.44. The van der Waals surface area contributed by atoms with Crippen LogP contribution in [-0.4, -0.2) is 12.5 Å². The first-order chi connectivity index (χ1) is 7.83. The van der Waals surface area contributed by atoms with Gasteiger partial charge in [0.05, 0.1) is 0 Å². The van der Waals surface area contributed by atoms with E-state index in [0.717, 1.165) is 16.9 Å². The van der Waals surface area contributed by atoms with E-state index in [1.165, 1.54) is 0 Å². The molecule has 0 unspecified atom stereocenters. The molecule has 0 fully saturated rings. The second-order valence-electron chi connectivity index (χ2n) is 3.60. The number of carbonyl (C=O) groups excluding carboxylic acids is 1. The van der Waals surface area contributed by atoms with Gasteiger partial charge in [-0.15, -0.1) is 0 Å². The second-order valence-corrected chi connectivity index (χ2v) is 3.60. The molecular weight excluding hydrogens is 200 g/mol. The maximum atomic E-state index is 10.5. The minimum atomic E-state index is 0.502. The Balaban J connectivity index is 2.27. The van der Waals surface area contributed by atoms with Gasteiger partial charge in [-0.1, -0.05) is 24.8 Å². The van der Waals surface area contributed by atoms with E-state index in [9.17, 15) is 4.79 Å². The van der Waals surface area contributed by atoms with E-state index in [0.29, 0.717) is 18.6 Å². The molecule has 1 aromatic carbocycles. The molecule has 80 valence electrons. The van der Waals surface area contributed by atoms with Gasteiger partial charge < -0.3 is 4.74 Å². The van der Waals surface area contributed by atoms with Crippen molar-refractivity contribution in [2.45, 2.75) is 6.42 Å². The van der Waals surface area contributed by atoms with Crippen molar-refractivity contribution >= 4 is 12.0 Å². The van der Waals surface area contributed by atoms with E-state index in [2.05, 4.69) is 6.58 Å². The van der Waals surface area contributed by atoms with Crippen LogP contribution in [0.2, 0.25) is 0 Å². The maximum Gasteiger partial charge on any atom is 0.128 e. The fraction of sp³-hybridized carbons (Fsp3) is 0.143. The molecule has 1 aliphatic rings. The highest BCUT2D eigenvalue weighted by molar-refractivity contribution is 5.70. The number of allylic oxidation sites excluding steroid dienone is 2. The third-order valence-electron chi connectivity index (χ3n) is 2.46. The number of ether oxygens (including phenoxy) is 1. The van der Waals surface area contributed by atoms with Crippen molar-refractivity contribution in [1.82, 2.24) is 0 Å². The van der Waals surface area contributed by atoms with Gasteiger partial charge in [0.15, 0.2) is 0 Å². The summed E-state index contributed by atoms with van der Waals surface area (Å²) in [4.78, 5) is 10.5. The predicted molar refractivity (Wildman–Crippen MR) is 64.1 cm³/mol. The highest BCUT2D eigenvalue weighted by atomic mass is 16.5. The molecule has 0 heterocycles. The summed E-state index contributed by atoms with van der Waals surface area (Å²) in [5, 5.41) is 0. The van der Waals surface area contributed by atoms with Gasteiger partial charge in [0, 0.05) is 12.0 Å². The molecule has 0 atom stereocenters. The highest BCUT2D eigenvalue weighted by Crippen LogP contribution is 2.25. The Labute approximate surface area is 94.6 Å². The van der Waals surface area contributed by atoms with Crippen molar-refractivity contribution in [1.29, 1.82) is 0 Å². The molecule has 0 saturated heterocycles. The highest BCUT2D eigenvalue weighted by Gasteiger charge is 2.09. The average Bonchev–Trinajstić information content (AvgIpc) is 2.35. The van der Waals surface area contributed by atoms with Crippen LogP contribution in [0.25, 0.3) is 6.08 Å². The van der Waals surface area contributed by atoms with Crippen LogP contribution < -0.4 is 4.74 Å². The summed E-state index contributed by atoms with van der Waals surface area (Å²) in [6.45, 7) is 4.10. The Morgan fingerprint density at radius 2 is 2.31 bits per heavy atom. The van der Waals surface area contributed by atoms with Crippen LogP contribution in [0, 0.1) is 0 Å². The Morgan fingerprint density at radius 3 is 3.06 bits per heavy atom. The molecule has 16 heavy (non-hydrogen) atoms. The molecule has 0 aromatic heterocycles. The quantitative estimate of drug-likeness (QED) is 0.568. The summed E-state index contributed by atoms with van der Waals surface area (Å²) in [5.74, 6) is 2.75. The van der Waals surface area contributed by atoms with Gasteiger partial charge in [-0.3, -0.25) is 0 Å². The van der Waals surface area contributed by atoms with Gasteiger partial charge in [0.25, 0.3) is 0 Å². The van der Waals surface area contributed by atoms with Gasteiger partial charge in [-0.05, 0) is 29.3 Å². The predicted octanol–water partition coefficient (Wildman–Crippen LogP) is 2.58. The van der Waals surface area contributed by atoms with Crippen molar-refractivity contribution in [2.24, 2.45) is 0 Å². The minimum absolute atomic E-state index is 0.502. The van der Waals surface area contributed by atoms with Crippen molar-refractivity contribution in [3.8, 4) is 5.75 Å². The number of hydrogen-bond acceptors (Lipinski definition) is 2. The first kappa shape index (κ1) is 10.5. The molecule has 0 saturated carbocycles. The van der Waals surface area contributed by atoms with E-state index >= 15 is 0 Å². The van der Waals surface area contributed by atoms with Crippen LogP contribution in [-0.2, 0) is 11.2 Å². The summed E-state index contributed by atoms with van der Waals surface area (Å²) in [6.07, 6.45) is 6.08. The minimum Gasteiger partial charge on any atom is -0.490 e. The van der Waals surface area contributed by atoms with E-state index in [1.54, 1.807) is 12.2 Å². The van der Waals surface area contributed by atoms with Gasteiger partial charge in [0.1, 0.15) is 18.3 Å². The number of fused-ring (bicyclic) bond motifs is 1. The Kier molecular flexibility index (Phi) is 3.04. The van der Waals surface area contributed by atoms with E-state index < -0.39 is 0 Å². The van der Waals surface area contributed by atoms with Crippen LogP contribution in [0.4, 0.5) is 0 Å². The van der Waals surface area contributed by atoms with Crippen LogP contribution in [0.15, 0.2) is 42.5 Å². The van der Waals surface area contributed by atoms with Crippen LogP contribution in [0.3, 0.4) is 0 Å². The SMILES string of the molecule is C=CCOc1ccc2c(c1)C=CC(=C=O)C2. The molecule has 2 nitrogen and oxygen atoms in total. The maximum absolute atomic E-state index is 10.5. The number of hydrogen-bond donors (Lipinski definition) is 0. The average molecular weight is 212 g/mol. The molecular formula is C14H12O2. The first-order valence-electron chi connectivity index (χ1n) is 5.12. The summed E-state index contributed by atoms with van der Waals surface area (Å²) in [7, 11) is 0. The summed E-state index contributed by atoms with van der Waals surface area (Å²) in [6, 6.07) is 5.86. The monoisotopic (exact) mass is 212 g/mol. The standard InChI is InChI=1S/C14H12O2/c1-2-7-16-14-6-5-12-8-11(10-15)3-4-13(12)9-14/h2-6,9H,1,7-8H2. The smallest absolute Gasteiger partial charge is 0.128 e. The lowest BCUT2D eigenvalue weighted by atomic mass is 9.94. The first-order valence-corrected chi connectivity index (χ1v) is 5.12. The second kappa shape index (κ2) is 4.65. The van der Waals surface area contributed by atoms with Crippen molar-refractivity contribution < 1.29 is 9.53 Å². The van der Waals surface area contributed by atoms with Gasteiger partial charge >= 0.3 is 0 Å². The molecule has 0 amide bonds. The molecule has 1 aromatic rings. The van der Waals surface area contributed by atoms with E-state index in [1.807, 2.05) is 30.2 Å². The normalized spacial score (nSPS) is 12.9. The molecule has 0 spiro atoms. The largest absolute Gasteiger partial charge is 0.490 e. The van der Waals surface area contributed by atoms with Crippen LogP contribution >= 0.6 is 0 Å². The van der Waals surface area contributed by atoms with Gasteiger partial charge in [0.2, 0.25) is 0 Å². The third-order valence-corrected chi connectivity index (χ3v) is 2.46. The summed E-state index contributed by atoms with van der Waals surface area (Å²) in [5.41, 5.74) is 2.92. The van der Waals surface area contributed by atoms with Crippen LogP contribution in [0.1, 0.15) is 11.1 Å². The molecule has 0 aliphatic heterocycles. The molecule has 0 radical (unpaired) electrons. The van der Waals surface area contributed by atoms with Crippen LogP contribution in [0.5, 0.6) is 5.75 Å². The van der Waals surface area contributed by atoms with Crippen molar-refractivity contribution in [3.63, 3.8) is 0 Å². The number of benzene rings is 1. The Bertz CT molecular complexity index is 491. The fourth-order valence-electron chi connectivity index (χ4n) is 1.66. The van der Waals surface area contributed by atoms with E-state index in [4.69, 9.17) is 4.74 Å². The molecule has 1 aliphatic carbocycles. The van der Waals surface area contributed by atoms with Crippen molar-refractivity contribution in [3.05, 3.63) is 53.6 Å². The zero-order valence-corrected chi connectivity index (χ0v) is 8.90. The Morgan fingerprint density at radius 1 is 1.44 bits per heavy atom. The lowest BCUT2D eigenvalue weighted by Crippen LogP contribution is -1.99. The zero-order chi connectivity index (χ0) is 11.4.